The SMILES string of the molecule is C[C@@]12CCc3occc3[C@H]1CC[C@@]13C[C@@H](CC[C@H]12)[C@@H](C(=O)O)C3. The van der Waals surface area contributed by atoms with Crippen molar-refractivity contribution in [2.45, 2.75) is 64.2 Å². The largest absolute Gasteiger partial charge is 0.481 e. The first-order valence-corrected chi connectivity index (χ1v) is 9.33. The maximum absolute atomic E-state index is 11.7. The second-order valence-electron chi connectivity index (χ2n) is 9.00. The lowest BCUT2D eigenvalue weighted by atomic mass is 9.45. The Balaban J connectivity index is 1.55. The molecule has 3 fully saturated rings. The molecule has 1 heterocycles. The van der Waals surface area contributed by atoms with Crippen molar-refractivity contribution in [3.05, 3.63) is 23.7 Å². The van der Waals surface area contributed by atoms with Gasteiger partial charge in [-0.3, -0.25) is 4.79 Å². The van der Waals surface area contributed by atoms with Crippen LogP contribution in [-0.2, 0) is 11.2 Å². The highest BCUT2D eigenvalue weighted by atomic mass is 16.4. The number of hydrogen-bond donors (Lipinski definition) is 1. The second kappa shape index (κ2) is 4.43. The summed E-state index contributed by atoms with van der Waals surface area (Å²) < 4.78 is 5.72. The van der Waals surface area contributed by atoms with E-state index in [1.807, 2.05) is 6.26 Å². The van der Waals surface area contributed by atoms with E-state index in [-0.39, 0.29) is 5.92 Å². The Bertz CT molecular complexity index is 662. The van der Waals surface area contributed by atoms with Gasteiger partial charge in [0.1, 0.15) is 5.76 Å². The summed E-state index contributed by atoms with van der Waals surface area (Å²) in [7, 11) is 0. The van der Waals surface area contributed by atoms with Gasteiger partial charge in [0.05, 0.1) is 12.2 Å². The third-order valence-electron chi connectivity index (χ3n) is 8.32. The van der Waals surface area contributed by atoms with Crippen LogP contribution >= 0.6 is 0 Å². The molecule has 0 aliphatic heterocycles. The summed E-state index contributed by atoms with van der Waals surface area (Å²) in [5, 5.41) is 9.63. The van der Waals surface area contributed by atoms with Crippen molar-refractivity contribution in [1.29, 1.82) is 0 Å². The highest BCUT2D eigenvalue weighted by Gasteiger charge is 2.63. The van der Waals surface area contributed by atoms with Crippen LogP contribution < -0.4 is 0 Å². The number of carboxylic acids is 1. The Hall–Kier alpha value is -1.25. The number of fused-ring (bicyclic) bond motifs is 5. The minimum absolute atomic E-state index is 0.0757. The Morgan fingerprint density at radius 1 is 1.26 bits per heavy atom. The van der Waals surface area contributed by atoms with Crippen molar-refractivity contribution in [2.75, 3.05) is 0 Å². The molecule has 0 amide bonds. The van der Waals surface area contributed by atoms with Gasteiger partial charge in [0.25, 0.3) is 0 Å². The van der Waals surface area contributed by atoms with E-state index in [0.717, 1.165) is 19.3 Å². The first-order chi connectivity index (χ1) is 11.0. The van der Waals surface area contributed by atoms with Crippen LogP contribution in [-0.4, -0.2) is 11.1 Å². The quantitative estimate of drug-likeness (QED) is 0.823. The zero-order valence-electron chi connectivity index (χ0n) is 13.9. The number of hydrogen-bond acceptors (Lipinski definition) is 2. The summed E-state index contributed by atoms with van der Waals surface area (Å²) in [6.45, 7) is 2.51. The summed E-state index contributed by atoms with van der Waals surface area (Å²) in [6, 6.07) is 2.20. The molecule has 1 aromatic heterocycles. The summed E-state index contributed by atoms with van der Waals surface area (Å²) in [5.74, 6) is 2.37. The first-order valence-electron chi connectivity index (χ1n) is 9.33. The van der Waals surface area contributed by atoms with Crippen LogP contribution in [0.3, 0.4) is 0 Å². The van der Waals surface area contributed by atoms with Crippen LogP contribution in [0.1, 0.15) is 69.1 Å². The lowest BCUT2D eigenvalue weighted by Gasteiger charge is -2.59. The van der Waals surface area contributed by atoms with Gasteiger partial charge in [-0.2, -0.15) is 0 Å². The van der Waals surface area contributed by atoms with E-state index in [4.69, 9.17) is 4.42 Å². The predicted octanol–water partition coefficient (Wildman–Crippen LogP) is 4.62. The first kappa shape index (κ1) is 14.1. The molecule has 0 aromatic carbocycles. The molecule has 0 saturated heterocycles. The fourth-order valence-electron chi connectivity index (χ4n) is 7.43. The third kappa shape index (κ3) is 1.69. The van der Waals surface area contributed by atoms with Gasteiger partial charge < -0.3 is 9.52 Å². The molecule has 3 saturated carbocycles. The summed E-state index contributed by atoms with van der Waals surface area (Å²) in [5.41, 5.74) is 2.12. The minimum atomic E-state index is -0.541. The van der Waals surface area contributed by atoms with Crippen LogP contribution in [0.25, 0.3) is 0 Å². The van der Waals surface area contributed by atoms with Gasteiger partial charge in [0.2, 0.25) is 0 Å². The van der Waals surface area contributed by atoms with E-state index in [1.165, 1.54) is 43.4 Å². The molecule has 3 heteroatoms. The maximum atomic E-state index is 11.7. The third-order valence-corrected chi connectivity index (χ3v) is 8.32. The molecule has 124 valence electrons. The van der Waals surface area contributed by atoms with Crippen LogP contribution in [0, 0.1) is 28.6 Å². The van der Waals surface area contributed by atoms with E-state index in [2.05, 4.69) is 13.0 Å². The average molecular weight is 314 g/mol. The molecule has 1 spiro atoms. The van der Waals surface area contributed by atoms with Gasteiger partial charge >= 0.3 is 5.97 Å². The van der Waals surface area contributed by atoms with Crippen LogP contribution in [0.5, 0.6) is 0 Å². The number of carbonyl (C=O) groups is 1. The number of carboxylic acid groups (broad SMARTS) is 1. The van der Waals surface area contributed by atoms with Gasteiger partial charge in [0.15, 0.2) is 0 Å². The Morgan fingerprint density at radius 3 is 2.96 bits per heavy atom. The van der Waals surface area contributed by atoms with Crippen molar-refractivity contribution in [1.82, 2.24) is 0 Å². The summed E-state index contributed by atoms with van der Waals surface area (Å²) in [6.07, 6.45) is 11.1. The van der Waals surface area contributed by atoms with E-state index in [1.54, 1.807) is 0 Å². The molecule has 2 bridgehead atoms. The zero-order valence-corrected chi connectivity index (χ0v) is 13.9. The highest BCUT2D eigenvalue weighted by molar-refractivity contribution is 5.71. The lowest BCUT2D eigenvalue weighted by molar-refractivity contribution is -0.143. The lowest BCUT2D eigenvalue weighted by Crippen LogP contribution is -2.50. The topological polar surface area (TPSA) is 50.4 Å². The molecule has 5 rings (SSSR count). The number of aryl methyl sites for hydroxylation is 1. The van der Waals surface area contributed by atoms with Crippen molar-refractivity contribution in [2.24, 2.45) is 28.6 Å². The maximum Gasteiger partial charge on any atom is 0.306 e. The predicted molar refractivity (Wildman–Crippen MR) is 86.1 cm³/mol. The molecule has 6 atom stereocenters. The van der Waals surface area contributed by atoms with E-state index < -0.39 is 5.97 Å². The molecule has 23 heavy (non-hydrogen) atoms. The molecule has 0 radical (unpaired) electrons. The molecule has 4 aliphatic carbocycles. The number of aliphatic carboxylic acids is 1. The smallest absolute Gasteiger partial charge is 0.306 e. The summed E-state index contributed by atoms with van der Waals surface area (Å²) in [4.78, 5) is 11.7. The molecule has 0 unspecified atom stereocenters. The van der Waals surface area contributed by atoms with Crippen molar-refractivity contribution < 1.29 is 14.3 Å². The van der Waals surface area contributed by atoms with Crippen molar-refractivity contribution >= 4 is 5.97 Å². The van der Waals surface area contributed by atoms with E-state index in [0.29, 0.717) is 28.6 Å². The Labute approximate surface area is 137 Å². The minimum Gasteiger partial charge on any atom is -0.481 e. The van der Waals surface area contributed by atoms with E-state index in [9.17, 15) is 9.90 Å². The van der Waals surface area contributed by atoms with Crippen molar-refractivity contribution in [3.8, 4) is 0 Å². The molecule has 1 N–H and O–H groups in total. The molecule has 1 aromatic rings. The summed E-state index contributed by atoms with van der Waals surface area (Å²) >= 11 is 0. The normalized spacial score (nSPS) is 47.5. The van der Waals surface area contributed by atoms with Gasteiger partial charge in [0, 0.05) is 6.42 Å². The fourth-order valence-corrected chi connectivity index (χ4v) is 7.43. The van der Waals surface area contributed by atoms with E-state index >= 15 is 0 Å². The van der Waals surface area contributed by atoms with Gasteiger partial charge in [-0.15, -0.1) is 0 Å². The second-order valence-corrected chi connectivity index (χ2v) is 9.00. The van der Waals surface area contributed by atoms with Gasteiger partial charge in [-0.25, -0.2) is 0 Å². The van der Waals surface area contributed by atoms with Crippen molar-refractivity contribution in [3.63, 3.8) is 0 Å². The van der Waals surface area contributed by atoms with Crippen LogP contribution in [0.4, 0.5) is 0 Å². The monoisotopic (exact) mass is 314 g/mol. The molecule has 3 nitrogen and oxygen atoms in total. The van der Waals surface area contributed by atoms with Gasteiger partial charge in [-0.05, 0) is 85.2 Å². The van der Waals surface area contributed by atoms with Crippen LogP contribution in [0.15, 0.2) is 16.7 Å². The van der Waals surface area contributed by atoms with Crippen LogP contribution in [0.2, 0.25) is 0 Å². The number of furan rings is 1. The fraction of sp³-hybridized carbons (Fsp3) is 0.750. The molecule has 4 aliphatic rings. The number of rotatable bonds is 1. The zero-order chi connectivity index (χ0) is 15.8. The highest BCUT2D eigenvalue weighted by Crippen LogP contribution is 2.71. The Morgan fingerprint density at radius 2 is 2.13 bits per heavy atom. The average Bonchev–Trinajstić information content (AvgIpc) is 3.09. The molecular formula is C20H26O3. The Kier molecular flexibility index (Phi) is 2.72. The van der Waals surface area contributed by atoms with Gasteiger partial charge in [-0.1, -0.05) is 6.92 Å². The molecular weight excluding hydrogens is 288 g/mol. The standard InChI is InChI=1S/C20H26O3/c1-19-7-5-16-13(6-9-23-16)15(19)4-8-20-10-12(2-3-17(19)20)14(11-20)18(21)22/h6,9,12,14-15,17H,2-5,7-8,10-11H2,1H3,(H,21,22)/t12-,14+,15-,17+,19-,20+/m1/s1.